The van der Waals surface area contributed by atoms with Crippen molar-refractivity contribution in [2.45, 2.75) is 37.8 Å². The Hall–Kier alpha value is 0.100. The Kier molecular flexibility index (Phi) is 2.46. The lowest BCUT2D eigenvalue weighted by Gasteiger charge is -2.31. The highest BCUT2D eigenvalue weighted by atomic mass is 31.0. The quantitative estimate of drug-likeness (QED) is 0.421. The van der Waals surface area contributed by atoms with E-state index >= 15 is 0 Å². The Morgan fingerprint density at radius 3 is 2.40 bits per heavy atom. The number of carbonyl (C=O) groups excluding carboxylic acids is 1. The molecule has 1 nitrogen and oxygen atoms in total. The molecule has 0 aromatic heterocycles. The van der Waals surface area contributed by atoms with E-state index in [1.54, 1.807) is 0 Å². The molecule has 58 valence electrons. The minimum absolute atomic E-state index is 0.355. The standard InChI is InChI=1S/C8H15OP/c1-8(10)4-2-7(6-9)3-5-8/h6-7H,2-5,10H2,1H3. The highest BCUT2D eigenvalue weighted by molar-refractivity contribution is 7.18. The normalized spacial score (nSPS) is 41.2. The molecule has 1 rings (SSSR count). The second-order valence-electron chi connectivity index (χ2n) is 3.63. The van der Waals surface area contributed by atoms with Gasteiger partial charge in [-0.15, -0.1) is 9.24 Å². The second-order valence-corrected chi connectivity index (χ2v) is 5.02. The van der Waals surface area contributed by atoms with Crippen molar-refractivity contribution in [3.63, 3.8) is 0 Å². The van der Waals surface area contributed by atoms with E-state index in [1.807, 2.05) is 0 Å². The molecule has 0 radical (unpaired) electrons. The topological polar surface area (TPSA) is 17.1 Å². The van der Waals surface area contributed by atoms with Gasteiger partial charge in [0.1, 0.15) is 6.29 Å². The molecule has 1 atom stereocenters. The van der Waals surface area contributed by atoms with Gasteiger partial charge < -0.3 is 4.79 Å². The minimum atomic E-state index is 0.355. The van der Waals surface area contributed by atoms with Gasteiger partial charge >= 0.3 is 0 Å². The summed E-state index contributed by atoms with van der Waals surface area (Å²) in [6.07, 6.45) is 5.65. The van der Waals surface area contributed by atoms with Crippen LogP contribution in [0.2, 0.25) is 0 Å². The first-order valence-electron chi connectivity index (χ1n) is 3.88. The van der Waals surface area contributed by atoms with Gasteiger partial charge in [-0.2, -0.15) is 0 Å². The summed E-state index contributed by atoms with van der Waals surface area (Å²) >= 11 is 0. The van der Waals surface area contributed by atoms with Crippen LogP contribution in [0.25, 0.3) is 0 Å². The summed E-state index contributed by atoms with van der Waals surface area (Å²) in [6.45, 7) is 2.25. The van der Waals surface area contributed by atoms with Crippen LogP contribution in [0.1, 0.15) is 32.6 Å². The maximum absolute atomic E-state index is 10.4. The van der Waals surface area contributed by atoms with Crippen LogP contribution < -0.4 is 0 Å². The average Bonchev–Trinajstić information content (AvgIpc) is 1.88. The monoisotopic (exact) mass is 158 g/mol. The van der Waals surface area contributed by atoms with E-state index in [1.165, 1.54) is 12.8 Å². The maximum atomic E-state index is 10.4. The van der Waals surface area contributed by atoms with Gasteiger partial charge in [0.15, 0.2) is 0 Å². The van der Waals surface area contributed by atoms with Gasteiger partial charge in [0.25, 0.3) is 0 Å². The van der Waals surface area contributed by atoms with Crippen molar-refractivity contribution < 1.29 is 4.79 Å². The fourth-order valence-electron chi connectivity index (χ4n) is 1.44. The third kappa shape index (κ3) is 2.05. The minimum Gasteiger partial charge on any atom is -0.303 e. The van der Waals surface area contributed by atoms with Gasteiger partial charge in [0.2, 0.25) is 0 Å². The van der Waals surface area contributed by atoms with Gasteiger partial charge in [-0.1, -0.05) is 6.92 Å². The molecule has 1 fully saturated rings. The second kappa shape index (κ2) is 3.00. The Labute approximate surface area is 64.8 Å². The first kappa shape index (κ1) is 8.20. The van der Waals surface area contributed by atoms with Crippen LogP contribution in [-0.4, -0.2) is 11.4 Å². The summed E-state index contributed by atoms with van der Waals surface area (Å²) in [7, 11) is 2.88. The summed E-state index contributed by atoms with van der Waals surface area (Å²) in [5.74, 6) is 0.355. The molecule has 0 aliphatic heterocycles. The lowest BCUT2D eigenvalue weighted by atomic mass is 9.83. The Balaban J connectivity index is 2.38. The summed E-state index contributed by atoms with van der Waals surface area (Å²) in [5, 5.41) is 0.416. The van der Waals surface area contributed by atoms with Crippen LogP contribution >= 0.6 is 9.24 Å². The molecule has 0 spiro atoms. The molecular weight excluding hydrogens is 143 g/mol. The lowest BCUT2D eigenvalue weighted by molar-refractivity contribution is -0.111. The van der Waals surface area contributed by atoms with E-state index in [-0.39, 0.29) is 0 Å². The zero-order valence-corrected chi connectivity index (χ0v) is 7.62. The molecule has 0 aromatic rings. The summed E-state index contributed by atoms with van der Waals surface area (Å²) in [4.78, 5) is 10.4. The maximum Gasteiger partial charge on any atom is 0.123 e. The fourth-order valence-corrected chi connectivity index (χ4v) is 1.77. The van der Waals surface area contributed by atoms with E-state index in [2.05, 4.69) is 16.2 Å². The molecule has 0 aromatic carbocycles. The molecule has 2 heteroatoms. The Morgan fingerprint density at radius 2 is 2.00 bits per heavy atom. The number of aldehydes is 1. The van der Waals surface area contributed by atoms with Crippen molar-refractivity contribution in [2.75, 3.05) is 0 Å². The molecule has 1 aliphatic carbocycles. The molecule has 1 unspecified atom stereocenters. The van der Waals surface area contributed by atoms with Crippen molar-refractivity contribution in [2.24, 2.45) is 5.92 Å². The summed E-state index contributed by atoms with van der Waals surface area (Å²) in [6, 6.07) is 0. The van der Waals surface area contributed by atoms with Crippen molar-refractivity contribution in [3.05, 3.63) is 0 Å². The molecule has 0 saturated heterocycles. The molecule has 1 aliphatic rings. The highest BCUT2D eigenvalue weighted by Gasteiger charge is 2.26. The zero-order chi connectivity index (χ0) is 7.61. The summed E-state index contributed by atoms with van der Waals surface area (Å²) in [5.41, 5.74) is 0. The lowest BCUT2D eigenvalue weighted by Crippen LogP contribution is -2.24. The Bertz CT molecular complexity index is 121. The van der Waals surface area contributed by atoms with Crippen LogP contribution in [0.4, 0.5) is 0 Å². The third-order valence-corrected chi connectivity index (χ3v) is 2.94. The number of carbonyl (C=O) groups is 1. The smallest absolute Gasteiger partial charge is 0.123 e. The van der Waals surface area contributed by atoms with Gasteiger partial charge in [-0.3, -0.25) is 0 Å². The molecule has 0 amide bonds. The fraction of sp³-hybridized carbons (Fsp3) is 0.875. The molecule has 0 bridgehead atoms. The van der Waals surface area contributed by atoms with Crippen LogP contribution in [0.5, 0.6) is 0 Å². The largest absolute Gasteiger partial charge is 0.303 e. The van der Waals surface area contributed by atoms with Gasteiger partial charge in [0.05, 0.1) is 0 Å². The number of hydrogen-bond acceptors (Lipinski definition) is 1. The first-order valence-corrected chi connectivity index (χ1v) is 4.46. The van der Waals surface area contributed by atoms with E-state index < -0.39 is 0 Å². The van der Waals surface area contributed by atoms with Crippen LogP contribution in [0.15, 0.2) is 0 Å². The van der Waals surface area contributed by atoms with E-state index in [0.717, 1.165) is 19.1 Å². The predicted octanol–water partition coefficient (Wildman–Crippen LogP) is 2.01. The Morgan fingerprint density at radius 1 is 1.50 bits per heavy atom. The van der Waals surface area contributed by atoms with Crippen molar-refractivity contribution in [1.82, 2.24) is 0 Å². The predicted molar refractivity (Wildman–Crippen MR) is 46.1 cm³/mol. The third-order valence-electron chi connectivity index (χ3n) is 2.36. The van der Waals surface area contributed by atoms with Crippen LogP contribution in [-0.2, 0) is 4.79 Å². The number of hydrogen-bond donors (Lipinski definition) is 0. The van der Waals surface area contributed by atoms with Crippen molar-refractivity contribution in [1.29, 1.82) is 0 Å². The zero-order valence-electron chi connectivity index (χ0n) is 6.47. The molecule has 0 N–H and O–H groups in total. The SMILES string of the molecule is CC1(P)CCC(C=O)CC1. The van der Waals surface area contributed by atoms with Crippen molar-refractivity contribution >= 4 is 15.5 Å². The molecule has 10 heavy (non-hydrogen) atoms. The van der Waals surface area contributed by atoms with Gasteiger partial charge in [-0.05, 0) is 30.8 Å². The molecular formula is C8H15OP. The highest BCUT2D eigenvalue weighted by Crippen LogP contribution is 2.37. The van der Waals surface area contributed by atoms with Gasteiger partial charge in [-0.25, -0.2) is 0 Å². The van der Waals surface area contributed by atoms with E-state index in [4.69, 9.17) is 0 Å². The van der Waals surface area contributed by atoms with Gasteiger partial charge in [0, 0.05) is 5.92 Å². The van der Waals surface area contributed by atoms with Crippen LogP contribution in [0.3, 0.4) is 0 Å². The van der Waals surface area contributed by atoms with Crippen LogP contribution in [0, 0.1) is 5.92 Å². The van der Waals surface area contributed by atoms with Crippen molar-refractivity contribution in [3.8, 4) is 0 Å². The first-order chi connectivity index (χ1) is 4.64. The van der Waals surface area contributed by atoms with E-state index in [0.29, 0.717) is 11.1 Å². The molecule has 1 saturated carbocycles. The average molecular weight is 158 g/mol. The number of rotatable bonds is 1. The molecule has 0 heterocycles. The summed E-state index contributed by atoms with van der Waals surface area (Å²) < 4.78 is 0. The van der Waals surface area contributed by atoms with E-state index in [9.17, 15) is 4.79 Å².